The number of ether oxygens (including phenoxy) is 1. The zero-order chi connectivity index (χ0) is 31.9. The zero-order valence-corrected chi connectivity index (χ0v) is 28.6. The molecule has 0 saturated heterocycles. The van der Waals surface area contributed by atoms with Gasteiger partial charge in [-0.25, -0.2) is 0 Å². The Bertz CT molecular complexity index is 1430. The molecule has 5 aliphatic carbocycles. The third kappa shape index (κ3) is 4.43. The van der Waals surface area contributed by atoms with Crippen LogP contribution in [-0.4, -0.2) is 29.7 Å². The Morgan fingerprint density at radius 3 is 2.39 bits per heavy atom. The van der Waals surface area contributed by atoms with Crippen LogP contribution in [0.5, 0.6) is 11.5 Å². The second kappa shape index (κ2) is 10.3. The monoisotopic (exact) mass is 600 g/mol. The van der Waals surface area contributed by atoms with Gasteiger partial charge in [-0.2, -0.15) is 0 Å². The van der Waals surface area contributed by atoms with Crippen LogP contribution in [0, 0.1) is 50.2 Å². The molecule has 0 bridgehead atoms. The van der Waals surface area contributed by atoms with E-state index in [1.54, 1.807) is 29.4 Å². The molecule has 8 atom stereocenters. The van der Waals surface area contributed by atoms with Crippen molar-refractivity contribution in [3.05, 3.63) is 53.1 Å². The molecular formula is C40H56O4. The van der Waals surface area contributed by atoms with Crippen molar-refractivity contribution in [1.29, 1.82) is 0 Å². The van der Waals surface area contributed by atoms with Gasteiger partial charge in [-0.15, -0.1) is 0 Å². The lowest BCUT2D eigenvalue weighted by Crippen LogP contribution is -2.61. The highest BCUT2D eigenvalue weighted by Gasteiger charge is 2.66. The van der Waals surface area contributed by atoms with E-state index in [1.165, 1.54) is 26.4 Å². The zero-order valence-electron chi connectivity index (χ0n) is 28.6. The topological polar surface area (TPSA) is 66.8 Å². The summed E-state index contributed by atoms with van der Waals surface area (Å²) >= 11 is 0. The summed E-state index contributed by atoms with van der Waals surface area (Å²) in [5.74, 6) is 1.70. The first kappa shape index (κ1) is 31.6. The molecule has 1 aromatic rings. The van der Waals surface area contributed by atoms with Crippen LogP contribution in [0.3, 0.4) is 0 Å². The average molecular weight is 601 g/mol. The molecule has 4 nitrogen and oxygen atoms in total. The molecule has 240 valence electrons. The Balaban J connectivity index is 1.29. The summed E-state index contributed by atoms with van der Waals surface area (Å²) < 4.78 is 5.26. The third-order valence-corrected chi connectivity index (χ3v) is 14.7. The number of carbonyl (C=O) groups is 1. The first-order chi connectivity index (χ1) is 20.6. The minimum Gasteiger partial charge on any atom is -0.504 e. The number of fused-ring (bicyclic) bond motifs is 7. The number of carbonyl (C=O) groups excluding carboxylic acids is 1. The maximum absolute atomic E-state index is 13.8. The summed E-state index contributed by atoms with van der Waals surface area (Å²) in [4.78, 5) is 13.8. The number of rotatable bonds is 5. The predicted octanol–water partition coefficient (Wildman–Crippen LogP) is 9.31. The van der Waals surface area contributed by atoms with Crippen molar-refractivity contribution in [2.24, 2.45) is 50.2 Å². The quantitative estimate of drug-likeness (QED) is 0.331. The van der Waals surface area contributed by atoms with Crippen molar-refractivity contribution in [2.75, 3.05) is 13.7 Å². The summed E-state index contributed by atoms with van der Waals surface area (Å²) in [5, 5.41) is 20.3. The standard InChI is InChI=1S/C40H56O4/c1-35(2)29(30(42)12-9-26-10-13-31(43)32(23-26)44-8)15-17-38(5)27-16-18-40(7)34-24-36(3,25-41)19-20-37(34,4)21-22-39(40,6)28(27)11-14-33(35)38/h9-13,16,23,29,33-34,41,43H,14-15,17-22,24-25H2,1-8H3. The second-order valence-electron chi connectivity index (χ2n) is 17.4. The molecular weight excluding hydrogens is 544 g/mol. The maximum atomic E-state index is 13.8. The minimum atomic E-state index is -0.136. The second-order valence-corrected chi connectivity index (χ2v) is 17.4. The lowest BCUT2D eigenvalue weighted by Gasteiger charge is -2.69. The van der Waals surface area contributed by atoms with Gasteiger partial charge in [0.15, 0.2) is 17.3 Å². The molecule has 5 aliphatic rings. The van der Waals surface area contributed by atoms with E-state index >= 15 is 0 Å². The Labute approximate surface area is 266 Å². The molecule has 3 fully saturated rings. The first-order valence-corrected chi connectivity index (χ1v) is 17.2. The molecule has 6 rings (SSSR count). The molecule has 4 heteroatoms. The fraction of sp³-hybridized carbons (Fsp3) is 0.675. The van der Waals surface area contributed by atoms with E-state index in [2.05, 4.69) is 60.6 Å². The van der Waals surface area contributed by atoms with Gasteiger partial charge in [-0.05, 0) is 137 Å². The Kier molecular flexibility index (Phi) is 7.44. The van der Waals surface area contributed by atoms with Gasteiger partial charge in [0.05, 0.1) is 7.11 Å². The number of aliphatic hydroxyl groups excluding tert-OH is 1. The van der Waals surface area contributed by atoms with Crippen LogP contribution in [0.1, 0.15) is 112 Å². The summed E-state index contributed by atoms with van der Waals surface area (Å²) in [6, 6.07) is 5.19. The molecule has 0 aliphatic heterocycles. The van der Waals surface area contributed by atoms with Gasteiger partial charge in [0.25, 0.3) is 0 Å². The summed E-state index contributed by atoms with van der Waals surface area (Å²) in [6.07, 6.45) is 19.0. The van der Waals surface area contributed by atoms with Crippen molar-refractivity contribution in [2.45, 2.75) is 106 Å². The smallest absolute Gasteiger partial charge is 0.161 e. The molecule has 44 heavy (non-hydrogen) atoms. The number of phenols is 1. The number of aromatic hydroxyl groups is 1. The highest BCUT2D eigenvalue weighted by molar-refractivity contribution is 5.96. The normalized spacial score (nSPS) is 42.7. The van der Waals surface area contributed by atoms with Crippen molar-refractivity contribution >= 4 is 11.9 Å². The van der Waals surface area contributed by atoms with Gasteiger partial charge in [0, 0.05) is 12.5 Å². The van der Waals surface area contributed by atoms with E-state index in [9.17, 15) is 15.0 Å². The highest BCUT2D eigenvalue weighted by Crippen LogP contribution is 2.74. The van der Waals surface area contributed by atoms with Gasteiger partial charge in [0.1, 0.15) is 0 Å². The number of hydrogen-bond donors (Lipinski definition) is 2. The van der Waals surface area contributed by atoms with Crippen LogP contribution in [0.4, 0.5) is 0 Å². The van der Waals surface area contributed by atoms with Crippen LogP contribution in [0.25, 0.3) is 6.08 Å². The van der Waals surface area contributed by atoms with E-state index < -0.39 is 0 Å². The number of methoxy groups -OCH3 is 1. The fourth-order valence-corrected chi connectivity index (χ4v) is 11.4. The number of aliphatic hydroxyl groups is 1. The highest BCUT2D eigenvalue weighted by atomic mass is 16.5. The van der Waals surface area contributed by atoms with Gasteiger partial charge in [-0.1, -0.05) is 72.8 Å². The Hall–Kier alpha value is -2.33. The largest absolute Gasteiger partial charge is 0.504 e. The van der Waals surface area contributed by atoms with E-state index in [4.69, 9.17) is 4.74 Å². The van der Waals surface area contributed by atoms with Gasteiger partial charge < -0.3 is 14.9 Å². The van der Waals surface area contributed by atoms with Crippen LogP contribution >= 0.6 is 0 Å². The minimum absolute atomic E-state index is 0.0235. The summed E-state index contributed by atoms with van der Waals surface area (Å²) in [5.41, 5.74) is 4.68. The molecule has 3 saturated carbocycles. The number of ketones is 1. The third-order valence-electron chi connectivity index (χ3n) is 14.7. The molecule has 1 aromatic carbocycles. The Morgan fingerprint density at radius 1 is 0.955 bits per heavy atom. The maximum Gasteiger partial charge on any atom is 0.161 e. The van der Waals surface area contributed by atoms with Crippen molar-refractivity contribution < 1.29 is 19.7 Å². The lowest BCUT2D eigenvalue weighted by atomic mass is 9.35. The summed E-state index contributed by atoms with van der Waals surface area (Å²) in [6.45, 7) is 17.5. The number of hydrogen-bond acceptors (Lipinski definition) is 4. The van der Waals surface area contributed by atoms with E-state index in [1.807, 2.05) is 12.1 Å². The van der Waals surface area contributed by atoms with Crippen LogP contribution in [-0.2, 0) is 4.79 Å². The molecule has 8 unspecified atom stereocenters. The first-order valence-electron chi connectivity index (χ1n) is 17.2. The molecule has 0 spiro atoms. The summed E-state index contributed by atoms with van der Waals surface area (Å²) in [7, 11) is 1.54. The van der Waals surface area contributed by atoms with Crippen molar-refractivity contribution in [3.8, 4) is 11.5 Å². The van der Waals surface area contributed by atoms with E-state index in [-0.39, 0.29) is 44.5 Å². The van der Waals surface area contributed by atoms with E-state index in [0.717, 1.165) is 44.1 Å². The van der Waals surface area contributed by atoms with Gasteiger partial charge in [0.2, 0.25) is 0 Å². The molecule has 2 N–H and O–H groups in total. The molecule has 0 radical (unpaired) electrons. The number of benzene rings is 1. The Morgan fingerprint density at radius 2 is 1.68 bits per heavy atom. The van der Waals surface area contributed by atoms with Crippen LogP contribution < -0.4 is 4.74 Å². The van der Waals surface area contributed by atoms with Gasteiger partial charge in [-0.3, -0.25) is 4.79 Å². The predicted molar refractivity (Wildman–Crippen MR) is 178 cm³/mol. The van der Waals surface area contributed by atoms with Gasteiger partial charge >= 0.3 is 0 Å². The van der Waals surface area contributed by atoms with Crippen molar-refractivity contribution in [1.82, 2.24) is 0 Å². The van der Waals surface area contributed by atoms with Crippen LogP contribution in [0.15, 0.2) is 47.6 Å². The van der Waals surface area contributed by atoms with Crippen molar-refractivity contribution in [3.63, 3.8) is 0 Å². The number of allylic oxidation sites excluding steroid dienone is 5. The SMILES string of the molecule is COc1cc(C=CC(=O)C2CCC3(C)C4=CCC5(C)C6CC(C)(CO)CCC6(C)CCC5(C)C4=CCC3C2(C)C)ccc1O. The number of phenolic OH excluding ortho intramolecular Hbond substituents is 1. The molecule has 0 aromatic heterocycles. The van der Waals surface area contributed by atoms with Crippen LogP contribution in [0.2, 0.25) is 0 Å². The fourth-order valence-electron chi connectivity index (χ4n) is 11.4. The van der Waals surface area contributed by atoms with E-state index in [0.29, 0.717) is 29.6 Å². The molecule has 0 amide bonds. The molecule has 0 heterocycles. The lowest BCUT2D eigenvalue weighted by molar-refractivity contribution is -0.149. The average Bonchev–Trinajstić information content (AvgIpc) is 2.98.